The number of amides is 2. The van der Waals surface area contributed by atoms with Crippen molar-refractivity contribution in [1.82, 2.24) is 14.5 Å². The first kappa shape index (κ1) is 13.7. The number of fused-ring (bicyclic) bond motifs is 2. The van der Waals surface area contributed by atoms with E-state index in [2.05, 4.69) is 4.98 Å². The number of hydrogen-bond acceptors (Lipinski definition) is 3. The van der Waals surface area contributed by atoms with Gasteiger partial charge in [0.05, 0.1) is 28.5 Å². The Morgan fingerprint density at radius 3 is 2.22 bits per heavy atom. The van der Waals surface area contributed by atoms with Crippen LogP contribution in [0.25, 0.3) is 11.0 Å². The maximum Gasteiger partial charge on any atom is 0.261 e. The molecule has 4 rings (SSSR count). The molecule has 1 aromatic heterocycles. The number of carbonyl (C=O) groups is 2. The number of para-hydroxylation sites is 2. The smallest absolute Gasteiger partial charge is 0.261 e. The van der Waals surface area contributed by atoms with Crippen LogP contribution in [0.5, 0.6) is 0 Å². The van der Waals surface area contributed by atoms with Gasteiger partial charge >= 0.3 is 0 Å². The number of benzene rings is 2. The van der Waals surface area contributed by atoms with Gasteiger partial charge in [0.15, 0.2) is 0 Å². The molecule has 2 heterocycles. The molecule has 2 aromatic carbocycles. The lowest BCUT2D eigenvalue weighted by Crippen LogP contribution is -2.31. The van der Waals surface area contributed by atoms with Gasteiger partial charge in [-0.15, -0.1) is 0 Å². The Kier molecular flexibility index (Phi) is 3.19. The molecular weight excluding hydrogens is 290 g/mol. The van der Waals surface area contributed by atoms with Gasteiger partial charge in [-0.2, -0.15) is 0 Å². The Balaban J connectivity index is 1.46. The molecule has 0 saturated heterocycles. The number of rotatable bonds is 4. The van der Waals surface area contributed by atoms with Gasteiger partial charge in [-0.05, 0) is 30.7 Å². The Labute approximate surface area is 133 Å². The summed E-state index contributed by atoms with van der Waals surface area (Å²) in [5, 5.41) is 0. The first-order valence-electron chi connectivity index (χ1n) is 7.61. The molecule has 0 aliphatic carbocycles. The molecule has 0 fully saturated rings. The van der Waals surface area contributed by atoms with Gasteiger partial charge in [-0.1, -0.05) is 24.3 Å². The van der Waals surface area contributed by atoms with Crippen molar-refractivity contribution in [3.63, 3.8) is 0 Å². The molecule has 0 saturated carbocycles. The van der Waals surface area contributed by atoms with Crippen molar-refractivity contribution in [2.75, 3.05) is 6.54 Å². The van der Waals surface area contributed by atoms with Crippen LogP contribution in [0.4, 0.5) is 0 Å². The van der Waals surface area contributed by atoms with E-state index < -0.39 is 0 Å². The number of aryl methyl sites for hydroxylation is 1. The fourth-order valence-electron chi connectivity index (χ4n) is 3.03. The third kappa shape index (κ3) is 2.21. The quantitative estimate of drug-likeness (QED) is 0.696. The summed E-state index contributed by atoms with van der Waals surface area (Å²) < 4.78 is 2.05. The second-order valence-corrected chi connectivity index (χ2v) is 5.59. The first-order valence-corrected chi connectivity index (χ1v) is 7.61. The highest BCUT2D eigenvalue weighted by atomic mass is 16.2. The van der Waals surface area contributed by atoms with Gasteiger partial charge in [0, 0.05) is 13.1 Å². The van der Waals surface area contributed by atoms with Crippen molar-refractivity contribution in [3.05, 3.63) is 66.0 Å². The van der Waals surface area contributed by atoms with Crippen molar-refractivity contribution in [1.29, 1.82) is 0 Å². The van der Waals surface area contributed by atoms with E-state index in [-0.39, 0.29) is 11.8 Å². The van der Waals surface area contributed by atoms with Crippen LogP contribution in [0.1, 0.15) is 27.1 Å². The lowest BCUT2D eigenvalue weighted by molar-refractivity contribution is 0.0651. The number of imide groups is 1. The predicted molar refractivity (Wildman–Crippen MR) is 86.2 cm³/mol. The number of nitrogens with zero attached hydrogens (tertiary/aromatic N) is 3. The Bertz CT molecular complexity index is 878. The van der Waals surface area contributed by atoms with Gasteiger partial charge in [0.1, 0.15) is 0 Å². The summed E-state index contributed by atoms with van der Waals surface area (Å²) in [5.74, 6) is -0.387. The molecule has 1 aliphatic rings. The normalized spacial score (nSPS) is 13.8. The Morgan fingerprint density at radius 1 is 0.826 bits per heavy atom. The van der Waals surface area contributed by atoms with Crippen LogP contribution in [0.2, 0.25) is 0 Å². The summed E-state index contributed by atoms with van der Waals surface area (Å²) in [6.07, 6.45) is 2.50. The first-order chi connectivity index (χ1) is 11.3. The maximum absolute atomic E-state index is 12.3. The lowest BCUT2D eigenvalue weighted by Gasteiger charge is -2.14. The standard InChI is InChI=1S/C18H15N3O2/c22-17-13-6-1-2-7-14(13)18(23)21(17)11-5-10-20-12-19-15-8-3-4-9-16(15)20/h1-4,6-9,12H,5,10-11H2. The summed E-state index contributed by atoms with van der Waals surface area (Å²) in [6, 6.07) is 14.9. The third-order valence-electron chi connectivity index (χ3n) is 4.19. The molecule has 23 heavy (non-hydrogen) atoms. The van der Waals surface area contributed by atoms with Crippen molar-refractivity contribution >= 4 is 22.8 Å². The summed E-state index contributed by atoms with van der Waals surface area (Å²) >= 11 is 0. The average Bonchev–Trinajstić information content (AvgIpc) is 3.10. The van der Waals surface area contributed by atoms with Crippen LogP contribution < -0.4 is 0 Å². The van der Waals surface area contributed by atoms with Crippen molar-refractivity contribution < 1.29 is 9.59 Å². The lowest BCUT2D eigenvalue weighted by atomic mass is 10.1. The van der Waals surface area contributed by atoms with Crippen LogP contribution in [0, 0.1) is 0 Å². The van der Waals surface area contributed by atoms with Crippen molar-refractivity contribution in [2.24, 2.45) is 0 Å². The summed E-state index contributed by atoms with van der Waals surface area (Å²) in [6.45, 7) is 1.13. The Hall–Kier alpha value is -2.95. The van der Waals surface area contributed by atoms with Crippen LogP contribution in [0.3, 0.4) is 0 Å². The number of aromatic nitrogens is 2. The minimum atomic E-state index is -0.193. The molecule has 0 unspecified atom stereocenters. The SMILES string of the molecule is O=C1c2ccccc2C(=O)N1CCCn1cnc2ccccc21. The van der Waals surface area contributed by atoms with Crippen LogP contribution in [-0.2, 0) is 6.54 Å². The maximum atomic E-state index is 12.3. The number of hydrogen-bond donors (Lipinski definition) is 0. The van der Waals surface area contributed by atoms with E-state index >= 15 is 0 Å². The van der Waals surface area contributed by atoms with E-state index in [1.807, 2.05) is 28.8 Å². The van der Waals surface area contributed by atoms with Crippen LogP contribution >= 0.6 is 0 Å². The van der Waals surface area contributed by atoms with Crippen LogP contribution in [-0.4, -0.2) is 32.8 Å². The summed E-state index contributed by atoms with van der Waals surface area (Å²) in [5.41, 5.74) is 3.03. The highest BCUT2D eigenvalue weighted by molar-refractivity contribution is 6.21. The largest absolute Gasteiger partial charge is 0.331 e. The second kappa shape index (κ2) is 5.35. The van der Waals surface area contributed by atoms with Crippen LogP contribution in [0.15, 0.2) is 54.9 Å². The van der Waals surface area contributed by atoms with E-state index in [0.29, 0.717) is 30.6 Å². The van der Waals surface area contributed by atoms with E-state index in [0.717, 1.165) is 11.0 Å². The van der Waals surface area contributed by atoms with Gasteiger partial charge in [0.2, 0.25) is 0 Å². The molecule has 5 heteroatoms. The molecule has 0 atom stereocenters. The number of carbonyl (C=O) groups excluding carboxylic acids is 2. The van der Waals surface area contributed by atoms with E-state index in [9.17, 15) is 9.59 Å². The van der Waals surface area contributed by atoms with Gasteiger partial charge in [0.25, 0.3) is 11.8 Å². The molecule has 2 amide bonds. The molecule has 0 radical (unpaired) electrons. The highest BCUT2D eigenvalue weighted by Gasteiger charge is 2.34. The monoisotopic (exact) mass is 305 g/mol. The van der Waals surface area contributed by atoms with E-state index in [1.165, 1.54) is 4.90 Å². The fourth-order valence-corrected chi connectivity index (χ4v) is 3.03. The van der Waals surface area contributed by atoms with E-state index in [4.69, 9.17) is 0 Å². The average molecular weight is 305 g/mol. The molecule has 1 aliphatic heterocycles. The minimum absolute atomic E-state index is 0.193. The summed E-state index contributed by atoms with van der Waals surface area (Å²) in [7, 11) is 0. The predicted octanol–water partition coefficient (Wildman–Crippen LogP) is 2.72. The zero-order valence-electron chi connectivity index (χ0n) is 12.5. The Morgan fingerprint density at radius 2 is 1.48 bits per heavy atom. The van der Waals surface area contributed by atoms with Crippen molar-refractivity contribution in [3.8, 4) is 0 Å². The number of imidazole rings is 1. The highest BCUT2D eigenvalue weighted by Crippen LogP contribution is 2.22. The molecule has 5 nitrogen and oxygen atoms in total. The van der Waals surface area contributed by atoms with E-state index in [1.54, 1.807) is 30.6 Å². The molecule has 0 bridgehead atoms. The third-order valence-corrected chi connectivity index (χ3v) is 4.19. The second-order valence-electron chi connectivity index (χ2n) is 5.59. The van der Waals surface area contributed by atoms with Gasteiger partial charge in [-0.25, -0.2) is 4.98 Å². The molecule has 0 N–H and O–H groups in total. The molecule has 114 valence electrons. The summed E-state index contributed by atoms with van der Waals surface area (Å²) in [4.78, 5) is 30.3. The minimum Gasteiger partial charge on any atom is -0.331 e. The fraction of sp³-hybridized carbons (Fsp3) is 0.167. The molecular formula is C18H15N3O2. The van der Waals surface area contributed by atoms with Crippen molar-refractivity contribution in [2.45, 2.75) is 13.0 Å². The molecule has 3 aromatic rings. The zero-order valence-corrected chi connectivity index (χ0v) is 12.5. The topological polar surface area (TPSA) is 55.2 Å². The van der Waals surface area contributed by atoms with Gasteiger partial charge < -0.3 is 4.57 Å². The zero-order chi connectivity index (χ0) is 15.8. The molecule has 0 spiro atoms. The van der Waals surface area contributed by atoms with Gasteiger partial charge in [-0.3, -0.25) is 14.5 Å².